The zero-order chi connectivity index (χ0) is 30.7. The number of hydrogen-bond acceptors (Lipinski definition) is 9. The van der Waals surface area contributed by atoms with Crippen LogP contribution in [0.3, 0.4) is 0 Å². The Morgan fingerprint density at radius 3 is 2.51 bits per heavy atom. The van der Waals surface area contributed by atoms with Crippen molar-refractivity contribution < 1.29 is 32.3 Å². The molecule has 2 fully saturated rings. The van der Waals surface area contributed by atoms with Crippen molar-refractivity contribution in [1.29, 1.82) is 0 Å². The first-order valence-corrected chi connectivity index (χ1v) is 14.9. The van der Waals surface area contributed by atoms with Gasteiger partial charge in [-0.25, -0.2) is 14.4 Å². The fourth-order valence-electron chi connectivity index (χ4n) is 5.43. The standard InChI is InChI=1S/C28H33F4N7O3S/c1-17-3-2-5-39(17)16-22-25(18-11-19(28(30,31)32)13-20(29)12-18)35-27(43-22)36-26(42)21-14-34-23(15-33-21)38-9-7-37(8-10-38)6-4-24(40)41/h11-15,17,27,35H,2-10,16H2,1H3,(H,36,42)(H,40,41). The number of nitrogens with one attached hydrogen (secondary N) is 2. The van der Waals surface area contributed by atoms with Crippen LogP contribution in [0, 0.1) is 5.82 Å². The van der Waals surface area contributed by atoms with E-state index >= 15 is 0 Å². The summed E-state index contributed by atoms with van der Waals surface area (Å²) in [5.74, 6) is -1.75. The molecule has 2 saturated heterocycles. The van der Waals surface area contributed by atoms with Gasteiger partial charge in [-0.1, -0.05) is 11.8 Å². The van der Waals surface area contributed by atoms with Crippen LogP contribution in [-0.2, 0) is 11.0 Å². The van der Waals surface area contributed by atoms with Crippen molar-refractivity contribution in [2.75, 3.05) is 50.7 Å². The molecule has 3 aliphatic heterocycles. The Labute approximate surface area is 250 Å². The van der Waals surface area contributed by atoms with Crippen LogP contribution in [0.25, 0.3) is 5.70 Å². The maximum Gasteiger partial charge on any atom is 0.416 e. The number of carboxylic acids is 1. The van der Waals surface area contributed by atoms with Crippen LogP contribution in [0.4, 0.5) is 23.4 Å². The Morgan fingerprint density at radius 2 is 1.88 bits per heavy atom. The van der Waals surface area contributed by atoms with Crippen LogP contribution >= 0.6 is 11.8 Å². The summed E-state index contributed by atoms with van der Waals surface area (Å²) < 4.78 is 54.7. The fourth-order valence-corrected chi connectivity index (χ4v) is 6.59. The lowest BCUT2D eigenvalue weighted by Gasteiger charge is -2.34. The van der Waals surface area contributed by atoms with Crippen LogP contribution in [0.15, 0.2) is 35.5 Å². The number of aliphatic carboxylic acids is 1. The Hall–Kier alpha value is -3.43. The van der Waals surface area contributed by atoms with Crippen LogP contribution in [0.5, 0.6) is 0 Å². The number of benzene rings is 1. The Balaban J connectivity index is 1.25. The molecule has 2 atom stereocenters. The number of likely N-dealkylation sites (tertiary alicyclic amines) is 1. The molecule has 4 heterocycles. The molecule has 1 amide bonds. The third kappa shape index (κ3) is 7.75. The molecule has 0 radical (unpaired) electrons. The number of carboxylic acid groups (broad SMARTS) is 1. The molecular weight excluding hydrogens is 590 g/mol. The lowest BCUT2D eigenvalue weighted by atomic mass is 10.1. The van der Waals surface area contributed by atoms with Gasteiger partial charge in [0.15, 0.2) is 5.50 Å². The third-order valence-electron chi connectivity index (χ3n) is 7.84. The lowest BCUT2D eigenvalue weighted by Crippen LogP contribution is -2.47. The van der Waals surface area contributed by atoms with Crippen molar-refractivity contribution in [2.24, 2.45) is 0 Å². The zero-order valence-electron chi connectivity index (χ0n) is 23.5. The predicted octanol–water partition coefficient (Wildman–Crippen LogP) is 3.43. The number of aromatic nitrogens is 2. The smallest absolute Gasteiger partial charge is 0.416 e. The number of nitrogens with zero attached hydrogens (tertiary/aromatic N) is 5. The topological polar surface area (TPSA) is 114 Å². The third-order valence-corrected chi connectivity index (χ3v) is 8.93. The summed E-state index contributed by atoms with van der Waals surface area (Å²) >= 11 is 1.27. The number of thioether (sulfide) groups is 1. The summed E-state index contributed by atoms with van der Waals surface area (Å²) in [6.45, 7) is 6.53. The van der Waals surface area contributed by atoms with E-state index in [4.69, 9.17) is 5.11 Å². The van der Waals surface area contributed by atoms with Gasteiger partial charge in [0.25, 0.3) is 5.91 Å². The van der Waals surface area contributed by atoms with Crippen molar-refractivity contribution in [3.05, 3.63) is 58.1 Å². The van der Waals surface area contributed by atoms with Gasteiger partial charge in [0.1, 0.15) is 17.3 Å². The van der Waals surface area contributed by atoms with E-state index in [1.165, 1.54) is 24.2 Å². The monoisotopic (exact) mass is 623 g/mol. The van der Waals surface area contributed by atoms with Gasteiger partial charge in [-0.2, -0.15) is 13.2 Å². The summed E-state index contributed by atoms with van der Waals surface area (Å²) in [6, 6.07) is 2.74. The van der Waals surface area contributed by atoms with Crippen molar-refractivity contribution in [3.63, 3.8) is 0 Å². The van der Waals surface area contributed by atoms with Crippen molar-refractivity contribution in [2.45, 2.75) is 43.9 Å². The minimum absolute atomic E-state index is 0.0608. The molecule has 5 rings (SSSR count). The quantitative estimate of drug-likeness (QED) is 0.359. The maximum absolute atomic E-state index is 14.3. The van der Waals surface area contributed by atoms with Crippen LogP contribution < -0.4 is 15.5 Å². The van der Waals surface area contributed by atoms with E-state index in [0.29, 0.717) is 67.8 Å². The van der Waals surface area contributed by atoms with E-state index in [-0.39, 0.29) is 17.7 Å². The normalized spacial score (nSPS) is 21.7. The maximum atomic E-state index is 14.3. The summed E-state index contributed by atoms with van der Waals surface area (Å²) in [7, 11) is 0. The largest absolute Gasteiger partial charge is 0.481 e. The van der Waals surface area contributed by atoms with E-state index in [2.05, 4.69) is 37.3 Å². The van der Waals surface area contributed by atoms with Gasteiger partial charge in [-0.15, -0.1) is 0 Å². The molecule has 1 aromatic carbocycles. The second-order valence-electron chi connectivity index (χ2n) is 10.8. The first kappa shape index (κ1) is 31.0. The van der Waals surface area contributed by atoms with Crippen molar-refractivity contribution in [1.82, 2.24) is 30.4 Å². The van der Waals surface area contributed by atoms with E-state index < -0.39 is 34.9 Å². The summed E-state index contributed by atoms with van der Waals surface area (Å²) in [5, 5.41) is 14.8. The number of carbonyl (C=O) groups is 2. The number of amides is 1. The van der Waals surface area contributed by atoms with Crippen LogP contribution in [-0.4, -0.2) is 94.1 Å². The number of rotatable bonds is 9. The second kappa shape index (κ2) is 13.1. The number of carbonyl (C=O) groups excluding carboxylic acids is 1. The molecule has 0 aliphatic carbocycles. The predicted molar refractivity (Wildman–Crippen MR) is 154 cm³/mol. The number of alkyl halides is 3. The average Bonchev–Trinajstić information content (AvgIpc) is 3.56. The molecule has 3 N–H and O–H groups in total. The number of anilines is 1. The molecule has 0 spiro atoms. The van der Waals surface area contributed by atoms with E-state index in [0.717, 1.165) is 31.5 Å². The summed E-state index contributed by atoms with van der Waals surface area (Å²) in [4.78, 5) is 39.6. The molecule has 0 bridgehead atoms. The van der Waals surface area contributed by atoms with Gasteiger partial charge in [0.05, 0.1) is 30.1 Å². The van der Waals surface area contributed by atoms with E-state index in [9.17, 15) is 27.2 Å². The SMILES string of the molecule is CC1CCCN1CC1=C(c2cc(F)cc(C(F)(F)F)c2)NC(NC(=O)c2cnc(N3CCN(CCC(=O)O)CC3)cn2)S1. The highest BCUT2D eigenvalue weighted by Crippen LogP contribution is 2.38. The highest BCUT2D eigenvalue weighted by atomic mass is 32.2. The van der Waals surface area contributed by atoms with E-state index in [1.807, 2.05) is 4.90 Å². The Kier molecular flexibility index (Phi) is 9.42. The van der Waals surface area contributed by atoms with Gasteiger partial charge < -0.3 is 20.6 Å². The average molecular weight is 624 g/mol. The Morgan fingerprint density at radius 1 is 1.12 bits per heavy atom. The van der Waals surface area contributed by atoms with Crippen LogP contribution in [0.1, 0.15) is 47.8 Å². The number of hydrogen-bond donors (Lipinski definition) is 3. The molecule has 2 unspecified atom stereocenters. The molecule has 232 valence electrons. The minimum Gasteiger partial charge on any atom is -0.481 e. The molecule has 10 nitrogen and oxygen atoms in total. The fraction of sp³-hybridized carbons (Fsp3) is 0.500. The number of halogens is 4. The minimum atomic E-state index is -4.71. The number of piperazine rings is 1. The molecule has 15 heteroatoms. The molecular formula is C28H33F4N7O3S. The first-order valence-electron chi connectivity index (χ1n) is 14.1. The Bertz CT molecular complexity index is 1370. The van der Waals surface area contributed by atoms with Gasteiger partial charge in [0.2, 0.25) is 0 Å². The van der Waals surface area contributed by atoms with Gasteiger partial charge in [0, 0.05) is 55.8 Å². The highest BCUT2D eigenvalue weighted by Gasteiger charge is 2.34. The van der Waals surface area contributed by atoms with Gasteiger partial charge in [-0.3, -0.25) is 19.4 Å². The summed E-state index contributed by atoms with van der Waals surface area (Å²) in [5.41, 5.74) is -1.32. The van der Waals surface area contributed by atoms with Crippen molar-refractivity contribution in [3.8, 4) is 0 Å². The first-order chi connectivity index (χ1) is 20.5. The summed E-state index contributed by atoms with van der Waals surface area (Å²) in [6.07, 6.45) is 0.268. The molecule has 0 saturated carbocycles. The van der Waals surface area contributed by atoms with Crippen molar-refractivity contribution >= 4 is 35.2 Å². The molecule has 2 aromatic rings. The lowest BCUT2D eigenvalue weighted by molar-refractivity contribution is -0.138. The molecule has 3 aliphatic rings. The highest BCUT2D eigenvalue weighted by molar-refractivity contribution is 8.04. The molecule has 1 aromatic heterocycles. The van der Waals surface area contributed by atoms with Gasteiger partial charge >= 0.3 is 12.1 Å². The second-order valence-corrected chi connectivity index (χ2v) is 12.0. The van der Waals surface area contributed by atoms with Gasteiger partial charge in [-0.05, 0) is 44.5 Å². The zero-order valence-corrected chi connectivity index (χ0v) is 24.3. The van der Waals surface area contributed by atoms with E-state index in [1.54, 1.807) is 0 Å². The molecule has 43 heavy (non-hydrogen) atoms. The van der Waals surface area contributed by atoms with Crippen LogP contribution in [0.2, 0.25) is 0 Å².